The lowest BCUT2D eigenvalue weighted by molar-refractivity contribution is 0.0526. The zero-order valence-electron chi connectivity index (χ0n) is 11.8. The van der Waals surface area contributed by atoms with E-state index in [0.29, 0.717) is 29.5 Å². The molecule has 0 bridgehead atoms. The minimum absolute atomic E-state index is 0.0864. The zero-order valence-corrected chi connectivity index (χ0v) is 14.2. The van der Waals surface area contributed by atoms with E-state index >= 15 is 0 Å². The molecule has 0 spiro atoms. The molecule has 1 aromatic carbocycles. The number of rotatable bonds is 8. The van der Waals surface area contributed by atoms with Gasteiger partial charge < -0.3 is 10.5 Å². The number of ether oxygens (including phenoxy) is 1. The van der Waals surface area contributed by atoms with Crippen LogP contribution >= 0.6 is 15.9 Å². The van der Waals surface area contributed by atoms with Crippen LogP contribution in [0.1, 0.15) is 30.1 Å². The number of nitrogens with one attached hydrogen (secondary N) is 1. The number of nitrogens with two attached hydrogens (primary N) is 1. The minimum Gasteiger partial charge on any atom is -0.462 e. The second kappa shape index (κ2) is 8.47. The van der Waals surface area contributed by atoms with Crippen LogP contribution in [0.4, 0.5) is 0 Å². The van der Waals surface area contributed by atoms with E-state index < -0.39 is 16.0 Å². The van der Waals surface area contributed by atoms with E-state index in [-0.39, 0.29) is 11.5 Å². The molecule has 0 radical (unpaired) electrons. The number of sulfonamides is 1. The molecule has 0 aliphatic heterocycles. The maximum absolute atomic E-state index is 12.1. The van der Waals surface area contributed by atoms with Crippen molar-refractivity contribution in [3.8, 4) is 0 Å². The van der Waals surface area contributed by atoms with Crippen LogP contribution in [0.5, 0.6) is 0 Å². The highest BCUT2D eigenvalue weighted by atomic mass is 79.9. The average molecular weight is 379 g/mol. The SMILES string of the molecule is CCOC(=O)c1ccc(S(=O)(=O)NCCCCN)c(Br)c1. The Kier molecular flexibility index (Phi) is 7.30. The monoisotopic (exact) mass is 378 g/mol. The second-order valence-corrected chi connectivity index (χ2v) is 6.85. The standard InChI is InChI=1S/C13H19BrN2O4S/c1-2-20-13(17)10-5-6-12(11(14)9-10)21(18,19)16-8-4-3-7-15/h5-6,9,16H,2-4,7-8,15H2,1H3. The number of halogens is 1. The normalized spacial score (nSPS) is 11.4. The fourth-order valence-corrected chi connectivity index (χ4v) is 3.76. The van der Waals surface area contributed by atoms with Crippen LogP contribution in [0.2, 0.25) is 0 Å². The number of esters is 1. The summed E-state index contributed by atoms with van der Waals surface area (Å²) in [6, 6.07) is 4.24. The van der Waals surface area contributed by atoms with Gasteiger partial charge in [0.1, 0.15) is 0 Å². The summed E-state index contributed by atoms with van der Waals surface area (Å²) in [5.41, 5.74) is 5.65. The highest BCUT2D eigenvalue weighted by Crippen LogP contribution is 2.23. The first-order chi connectivity index (χ1) is 9.92. The zero-order chi connectivity index (χ0) is 15.9. The Balaban J connectivity index is 2.86. The van der Waals surface area contributed by atoms with Crippen LogP contribution in [-0.2, 0) is 14.8 Å². The summed E-state index contributed by atoms with van der Waals surface area (Å²) in [4.78, 5) is 11.7. The topological polar surface area (TPSA) is 98.5 Å². The van der Waals surface area contributed by atoms with Crippen LogP contribution < -0.4 is 10.5 Å². The Morgan fingerprint density at radius 1 is 1.38 bits per heavy atom. The lowest BCUT2D eigenvalue weighted by Gasteiger charge is -2.09. The van der Waals surface area contributed by atoms with Gasteiger partial charge in [0.2, 0.25) is 10.0 Å². The van der Waals surface area contributed by atoms with Gasteiger partial charge in [-0.2, -0.15) is 0 Å². The predicted molar refractivity (Wildman–Crippen MR) is 83.6 cm³/mol. The van der Waals surface area contributed by atoms with Gasteiger partial charge in [-0.25, -0.2) is 17.9 Å². The van der Waals surface area contributed by atoms with E-state index in [1.165, 1.54) is 18.2 Å². The third kappa shape index (κ3) is 5.39. The number of benzene rings is 1. The van der Waals surface area contributed by atoms with Gasteiger partial charge in [0.05, 0.1) is 17.1 Å². The van der Waals surface area contributed by atoms with Crippen molar-refractivity contribution < 1.29 is 17.9 Å². The minimum atomic E-state index is -3.62. The molecule has 0 aliphatic rings. The molecule has 0 amide bonds. The van der Waals surface area contributed by atoms with Crippen molar-refractivity contribution in [2.45, 2.75) is 24.7 Å². The molecule has 0 saturated heterocycles. The third-order valence-electron chi connectivity index (χ3n) is 2.66. The number of carbonyl (C=O) groups excluding carboxylic acids is 1. The molecule has 3 N–H and O–H groups in total. The molecule has 1 rings (SSSR count). The number of hydrogen-bond donors (Lipinski definition) is 2. The van der Waals surface area contributed by atoms with Gasteiger partial charge in [-0.05, 0) is 60.4 Å². The molecule has 8 heteroatoms. The summed E-state index contributed by atoms with van der Waals surface area (Å²) in [5, 5.41) is 0. The van der Waals surface area contributed by atoms with Gasteiger partial charge in [0, 0.05) is 11.0 Å². The number of carbonyl (C=O) groups is 1. The van der Waals surface area contributed by atoms with Crippen molar-refractivity contribution in [3.63, 3.8) is 0 Å². The summed E-state index contributed by atoms with van der Waals surface area (Å²) >= 11 is 3.18. The number of unbranched alkanes of at least 4 members (excludes halogenated alkanes) is 1. The molecular formula is C13H19BrN2O4S. The fraction of sp³-hybridized carbons (Fsp3) is 0.462. The Morgan fingerprint density at radius 3 is 2.67 bits per heavy atom. The highest BCUT2D eigenvalue weighted by molar-refractivity contribution is 9.10. The molecule has 0 atom stereocenters. The van der Waals surface area contributed by atoms with Gasteiger partial charge in [-0.1, -0.05) is 0 Å². The van der Waals surface area contributed by atoms with Crippen LogP contribution in [-0.4, -0.2) is 34.1 Å². The first-order valence-electron chi connectivity index (χ1n) is 6.58. The molecule has 6 nitrogen and oxygen atoms in total. The smallest absolute Gasteiger partial charge is 0.338 e. The summed E-state index contributed by atoms with van der Waals surface area (Å²) in [6.45, 7) is 2.82. The molecule has 0 aliphatic carbocycles. The van der Waals surface area contributed by atoms with Gasteiger partial charge >= 0.3 is 5.97 Å². The van der Waals surface area contributed by atoms with Crippen LogP contribution in [0.3, 0.4) is 0 Å². The molecule has 1 aromatic rings. The molecule has 21 heavy (non-hydrogen) atoms. The van der Waals surface area contributed by atoms with Crippen LogP contribution in [0.15, 0.2) is 27.6 Å². The van der Waals surface area contributed by atoms with E-state index in [2.05, 4.69) is 20.7 Å². The number of hydrogen-bond acceptors (Lipinski definition) is 5. The summed E-state index contributed by atoms with van der Waals surface area (Å²) in [6.07, 6.45) is 1.43. The molecule has 0 unspecified atom stereocenters. The summed E-state index contributed by atoms with van der Waals surface area (Å²) in [7, 11) is -3.62. The molecule has 0 heterocycles. The summed E-state index contributed by atoms with van der Waals surface area (Å²) in [5.74, 6) is -0.488. The maximum atomic E-state index is 12.1. The van der Waals surface area contributed by atoms with Crippen LogP contribution in [0, 0.1) is 0 Å². The van der Waals surface area contributed by atoms with Crippen molar-refractivity contribution in [2.75, 3.05) is 19.7 Å². The fourth-order valence-electron chi connectivity index (χ4n) is 1.61. The van der Waals surface area contributed by atoms with E-state index in [9.17, 15) is 13.2 Å². The first kappa shape index (κ1) is 18.1. The van der Waals surface area contributed by atoms with Gasteiger partial charge in [-0.3, -0.25) is 0 Å². The van der Waals surface area contributed by atoms with Gasteiger partial charge in [0.15, 0.2) is 0 Å². The molecule has 118 valence electrons. The molecule has 0 fully saturated rings. The second-order valence-electron chi connectivity index (χ2n) is 4.26. The van der Waals surface area contributed by atoms with Crippen molar-refractivity contribution >= 4 is 31.9 Å². The van der Waals surface area contributed by atoms with Crippen LogP contribution in [0.25, 0.3) is 0 Å². The highest BCUT2D eigenvalue weighted by Gasteiger charge is 2.19. The van der Waals surface area contributed by atoms with Crippen molar-refractivity contribution in [3.05, 3.63) is 28.2 Å². The molecule has 0 saturated carbocycles. The largest absolute Gasteiger partial charge is 0.462 e. The molecular weight excluding hydrogens is 360 g/mol. The first-order valence-corrected chi connectivity index (χ1v) is 8.86. The van der Waals surface area contributed by atoms with E-state index in [4.69, 9.17) is 10.5 Å². The van der Waals surface area contributed by atoms with E-state index in [1.54, 1.807) is 6.92 Å². The quantitative estimate of drug-likeness (QED) is 0.529. The summed E-state index contributed by atoms with van der Waals surface area (Å²) < 4.78 is 31.9. The van der Waals surface area contributed by atoms with Crippen molar-refractivity contribution in [2.24, 2.45) is 5.73 Å². The predicted octanol–water partition coefficient (Wildman–Crippen LogP) is 1.64. The van der Waals surface area contributed by atoms with Gasteiger partial charge in [-0.15, -0.1) is 0 Å². The Morgan fingerprint density at radius 2 is 2.10 bits per heavy atom. The van der Waals surface area contributed by atoms with E-state index in [0.717, 1.165) is 6.42 Å². The van der Waals surface area contributed by atoms with Crippen molar-refractivity contribution in [1.29, 1.82) is 0 Å². The van der Waals surface area contributed by atoms with Crippen molar-refractivity contribution in [1.82, 2.24) is 4.72 Å². The Hall–Kier alpha value is -0.960. The maximum Gasteiger partial charge on any atom is 0.338 e. The lowest BCUT2D eigenvalue weighted by atomic mass is 10.2. The Labute approximate surface area is 133 Å². The lowest BCUT2D eigenvalue weighted by Crippen LogP contribution is -2.25. The van der Waals surface area contributed by atoms with Gasteiger partial charge in [0.25, 0.3) is 0 Å². The third-order valence-corrected chi connectivity index (χ3v) is 5.09. The van der Waals surface area contributed by atoms with E-state index in [1.807, 2.05) is 0 Å². The average Bonchev–Trinajstić information content (AvgIpc) is 2.43. The Bertz CT molecular complexity index is 590. The molecule has 0 aromatic heterocycles.